The monoisotopic (exact) mass is 266 g/mol. The van der Waals surface area contributed by atoms with Crippen LogP contribution in [0.3, 0.4) is 0 Å². The zero-order valence-electron chi connectivity index (χ0n) is 13.2. The molecule has 112 valence electrons. The summed E-state index contributed by atoms with van der Waals surface area (Å²) in [5.41, 5.74) is 0. The Bertz CT molecular complexity index is 201. The standard InChI is InChI=1S/C17H34N2/c1-3-18-12-8-16(9-13-18)6-5-7-17-10-14-19(4-2)15-11-17/h16-17H,3-15H2,1-2H3. The van der Waals surface area contributed by atoms with Crippen molar-refractivity contribution in [2.24, 2.45) is 11.8 Å². The molecule has 0 aromatic heterocycles. The summed E-state index contributed by atoms with van der Waals surface area (Å²) in [6.45, 7) is 12.5. The fourth-order valence-electron chi connectivity index (χ4n) is 3.88. The van der Waals surface area contributed by atoms with Crippen LogP contribution in [-0.2, 0) is 0 Å². The third kappa shape index (κ3) is 5.07. The van der Waals surface area contributed by atoms with Crippen LogP contribution < -0.4 is 0 Å². The fourth-order valence-corrected chi connectivity index (χ4v) is 3.88. The van der Waals surface area contributed by atoms with Gasteiger partial charge < -0.3 is 9.80 Å². The van der Waals surface area contributed by atoms with Crippen molar-refractivity contribution in [3.8, 4) is 0 Å². The van der Waals surface area contributed by atoms with Gasteiger partial charge in [-0.05, 0) is 76.8 Å². The van der Waals surface area contributed by atoms with E-state index in [0.29, 0.717) is 0 Å². The van der Waals surface area contributed by atoms with Crippen molar-refractivity contribution >= 4 is 0 Å². The highest BCUT2D eigenvalue weighted by molar-refractivity contribution is 4.74. The molecule has 2 rings (SSSR count). The van der Waals surface area contributed by atoms with Crippen molar-refractivity contribution in [3.05, 3.63) is 0 Å². The Labute approximate surface area is 120 Å². The van der Waals surface area contributed by atoms with E-state index in [1.807, 2.05) is 0 Å². The largest absolute Gasteiger partial charge is 0.304 e. The molecule has 2 heteroatoms. The van der Waals surface area contributed by atoms with E-state index in [-0.39, 0.29) is 0 Å². The smallest absolute Gasteiger partial charge is 0.00162 e. The first kappa shape index (κ1) is 15.3. The summed E-state index contributed by atoms with van der Waals surface area (Å²) in [5.74, 6) is 2.08. The van der Waals surface area contributed by atoms with Gasteiger partial charge in [-0.3, -0.25) is 0 Å². The molecule has 0 aliphatic carbocycles. The SMILES string of the molecule is CCN1CCC(CCCC2CCN(CC)CC2)CC1. The van der Waals surface area contributed by atoms with E-state index in [2.05, 4.69) is 23.6 Å². The lowest BCUT2D eigenvalue weighted by molar-refractivity contribution is 0.169. The average Bonchev–Trinajstić information content (AvgIpc) is 2.49. The predicted octanol–water partition coefficient (Wildman–Crippen LogP) is 3.62. The van der Waals surface area contributed by atoms with Crippen LogP contribution in [0.1, 0.15) is 58.8 Å². The maximum atomic E-state index is 2.61. The van der Waals surface area contributed by atoms with Gasteiger partial charge in [0.1, 0.15) is 0 Å². The molecule has 2 nitrogen and oxygen atoms in total. The number of likely N-dealkylation sites (tertiary alicyclic amines) is 2. The Morgan fingerprint density at radius 3 is 1.37 bits per heavy atom. The first-order chi connectivity index (χ1) is 9.31. The molecule has 0 N–H and O–H groups in total. The minimum atomic E-state index is 1.04. The molecule has 2 heterocycles. The van der Waals surface area contributed by atoms with Gasteiger partial charge in [0.2, 0.25) is 0 Å². The van der Waals surface area contributed by atoms with Crippen LogP contribution in [0.15, 0.2) is 0 Å². The maximum Gasteiger partial charge on any atom is -0.00162 e. The van der Waals surface area contributed by atoms with Crippen molar-refractivity contribution in [3.63, 3.8) is 0 Å². The number of rotatable bonds is 6. The van der Waals surface area contributed by atoms with E-state index in [1.165, 1.54) is 84.2 Å². The second-order valence-electron chi connectivity index (χ2n) is 6.69. The van der Waals surface area contributed by atoms with Crippen LogP contribution in [0.25, 0.3) is 0 Å². The third-order valence-corrected chi connectivity index (χ3v) is 5.53. The highest BCUT2D eigenvalue weighted by atomic mass is 15.1. The minimum absolute atomic E-state index is 1.04. The zero-order chi connectivity index (χ0) is 13.5. The molecular formula is C17H34N2. The van der Waals surface area contributed by atoms with Gasteiger partial charge in [0.15, 0.2) is 0 Å². The lowest BCUT2D eigenvalue weighted by Gasteiger charge is -2.33. The molecule has 0 unspecified atom stereocenters. The Balaban J connectivity index is 1.53. The summed E-state index contributed by atoms with van der Waals surface area (Å²) in [5, 5.41) is 0. The number of piperidine rings is 2. The van der Waals surface area contributed by atoms with Crippen molar-refractivity contribution in [2.45, 2.75) is 58.8 Å². The summed E-state index contributed by atoms with van der Waals surface area (Å²) >= 11 is 0. The molecule has 0 bridgehead atoms. The van der Waals surface area contributed by atoms with Gasteiger partial charge in [-0.1, -0.05) is 33.1 Å². The molecule has 0 radical (unpaired) electrons. The Hall–Kier alpha value is -0.0800. The van der Waals surface area contributed by atoms with Crippen LogP contribution in [0.2, 0.25) is 0 Å². The number of hydrogen-bond donors (Lipinski definition) is 0. The van der Waals surface area contributed by atoms with E-state index in [1.54, 1.807) is 0 Å². The molecule has 0 atom stereocenters. The van der Waals surface area contributed by atoms with Crippen LogP contribution in [0.5, 0.6) is 0 Å². The van der Waals surface area contributed by atoms with Crippen LogP contribution in [0, 0.1) is 11.8 Å². The molecular weight excluding hydrogens is 232 g/mol. The lowest BCUT2D eigenvalue weighted by atomic mass is 9.87. The Morgan fingerprint density at radius 1 is 0.684 bits per heavy atom. The summed E-state index contributed by atoms with van der Waals surface area (Å²) in [4.78, 5) is 5.22. The van der Waals surface area contributed by atoms with Gasteiger partial charge in [-0.25, -0.2) is 0 Å². The number of hydrogen-bond acceptors (Lipinski definition) is 2. The third-order valence-electron chi connectivity index (χ3n) is 5.53. The molecule has 0 amide bonds. The summed E-state index contributed by atoms with van der Waals surface area (Å²) in [6, 6.07) is 0. The van der Waals surface area contributed by atoms with Crippen LogP contribution >= 0.6 is 0 Å². The van der Waals surface area contributed by atoms with Crippen molar-refractivity contribution in [1.29, 1.82) is 0 Å². The second-order valence-corrected chi connectivity index (χ2v) is 6.69. The number of nitrogens with zero attached hydrogens (tertiary/aromatic N) is 2. The lowest BCUT2D eigenvalue weighted by Crippen LogP contribution is -2.34. The van der Waals surface area contributed by atoms with Crippen molar-refractivity contribution < 1.29 is 0 Å². The van der Waals surface area contributed by atoms with E-state index >= 15 is 0 Å². The van der Waals surface area contributed by atoms with Gasteiger partial charge in [0.25, 0.3) is 0 Å². The van der Waals surface area contributed by atoms with Gasteiger partial charge in [0, 0.05) is 0 Å². The first-order valence-corrected chi connectivity index (χ1v) is 8.76. The highest BCUT2D eigenvalue weighted by Gasteiger charge is 2.20. The Morgan fingerprint density at radius 2 is 1.05 bits per heavy atom. The second kappa shape index (κ2) is 8.26. The summed E-state index contributed by atoms with van der Waals surface area (Å²) in [7, 11) is 0. The van der Waals surface area contributed by atoms with Gasteiger partial charge >= 0.3 is 0 Å². The Kier molecular flexibility index (Phi) is 6.66. The normalized spacial score (nSPS) is 24.9. The maximum absolute atomic E-state index is 2.61. The average molecular weight is 266 g/mol. The van der Waals surface area contributed by atoms with Crippen LogP contribution in [0.4, 0.5) is 0 Å². The molecule has 0 saturated carbocycles. The molecule has 0 aromatic rings. The molecule has 2 aliphatic rings. The highest BCUT2D eigenvalue weighted by Crippen LogP contribution is 2.27. The molecule has 0 aromatic carbocycles. The topological polar surface area (TPSA) is 6.48 Å². The molecule has 2 fully saturated rings. The summed E-state index contributed by atoms with van der Waals surface area (Å²) < 4.78 is 0. The molecule has 2 aliphatic heterocycles. The molecule has 2 saturated heterocycles. The minimum Gasteiger partial charge on any atom is -0.304 e. The quantitative estimate of drug-likeness (QED) is 0.724. The van der Waals surface area contributed by atoms with Crippen LogP contribution in [-0.4, -0.2) is 49.1 Å². The molecule has 19 heavy (non-hydrogen) atoms. The predicted molar refractivity (Wildman–Crippen MR) is 83.5 cm³/mol. The van der Waals surface area contributed by atoms with E-state index in [0.717, 1.165) is 11.8 Å². The van der Waals surface area contributed by atoms with E-state index < -0.39 is 0 Å². The van der Waals surface area contributed by atoms with E-state index in [4.69, 9.17) is 0 Å². The fraction of sp³-hybridized carbons (Fsp3) is 1.00. The van der Waals surface area contributed by atoms with Crippen molar-refractivity contribution in [1.82, 2.24) is 9.80 Å². The van der Waals surface area contributed by atoms with E-state index in [9.17, 15) is 0 Å². The van der Waals surface area contributed by atoms with Gasteiger partial charge in [0.05, 0.1) is 0 Å². The van der Waals surface area contributed by atoms with Gasteiger partial charge in [-0.2, -0.15) is 0 Å². The first-order valence-electron chi connectivity index (χ1n) is 8.76. The zero-order valence-corrected chi connectivity index (χ0v) is 13.2. The molecule has 0 spiro atoms. The summed E-state index contributed by atoms with van der Waals surface area (Å²) in [6.07, 6.45) is 10.3. The van der Waals surface area contributed by atoms with Crippen molar-refractivity contribution in [2.75, 3.05) is 39.3 Å². The van der Waals surface area contributed by atoms with Gasteiger partial charge in [-0.15, -0.1) is 0 Å².